The van der Waals surface area contributed by atoms with E-state index in [1.165, 1.54) is 18.2 Å². The average Bonchev–Trinajstić information content (AvgIpc) is 2.73. The molecule has 2 aliphatic rings. The molecular formula is C22H16ClN3O4. The Labute approximate surface area is 177 Å². The van der Waals surface area contributed by atoms with Crippen LogP contribution < -0.4 is 5.73 Å². The van der Waals surface area contributed by atoms with Crippen molar-refractivity contribution < 1.29 is 14.5 Å². The number of nitro groups is 1. The van der Waals surface area contributed by atoms with E-state index < -0.39 is 10.8 Å². The first-order valence-electron chi connectivity index (χ1n) is 9.24. The molecule has 2 atom stereocenters. The summed E-state index contributed by atoms with van der Waals surface area (Å²) >= 11 is 6.33. The third kappa shape index (κ3) is 3.21. The van der Waals surface area contributed by atoms with Crippen molar-refractivity contribution in [2.45, 2.75) is 24.7 Å². The molecule has 2 aromatic carbocycles. The first-order chi connectivity index (χ1) is 14.4. The fourth-order valence-corrected chi connectivity index (χ4v) is 4.41. The van der Waals surface area contributed by atoms with Crippen LogP contribution in [0.5, 0.6) is 0 Å². The Bertz CT molecular complexity index is 1160. The van der Waals surface area contributed by atoms with Crippen LogP contribution in [0.3, 0.4) is 0 Å². The molecule has 0 aromatic heterocycles. The van der Waals surface area contributed by atoms with Gasteiger partial charge in [-0.15, -0.1) is 0 Å². The van der Waals surface area contributed by atoms with Gasteiger partial charge in [0, 0.05) is 24.5 Å². The summed E-state index contributed by atoms with van der Waals surface area (Å²) in [6.45, 7) is 0. The first-order valence-corrected chi connectivity index (χ1v) is 9.61. The number of nitro benzene ring substituents is 1. The lowest BCUT2D eigenvalue weighted by atomic mass is 9.73. The maximum atomic E-state index is 13.2. The van der Waals surface area contributed by atoms with Crippen molar-refractivity contribution in [1.29, 1.82) is 5.26 Å². The molecule has 0 unspecified atom stereocenters. The molecular weight excluding hydrogens is 406 g/mol. The highest BCUT2D eigenvalue weighted by atomic mass is 35.5. The molecule has 1 heterocycles. The van der Waals surface area contributed by atoms with Crippen LogP contribution in [0.15, 0.2) is 71.3 Å². The molecule has 2 N–H and O–H groups in total. The summed E-state index contributed by atoms with van der Waals surface area (Å²) in [6.07, 6.45) is 0.582. The van der Waals surface area contributed by atoms with E-state index in [1.807, 2.05) is 36.4 Å². The number of allylic oxidation sites excluding steroid dienone is 3. The van der Waals surface area contributed by atoms with Crippen LogP contribution in [0.2, 0.25) is 5.02 Å². The fourth-order valence-electron chi connectivity index (χ4n) is 4.13. The van der Waals surface area contributed by atoms with E-state index in [0.717, 1.165) is 5.56 Å². The van der Waals surface area contributed by atoms with E-state index >= 15 is 0 Å². The SMILES string of the molecule is N#CC1=C(N)OC2=C(C(=O)C[C@@H](c3ccccc3)C2)[C@@H]1c1c(Cl)cccc1[N+](=O)[O-]. The Balaban J connectivity index is 1.89. The van der Waals surface area contributed by atoms with Gasteiger partial charge in [-0.3, -0.25) is 14.9 Å². The smallest absolute Gasteiger partial charge is 0.275 e. The van der Waals surface area contributed by atoms with Crippen LogP contribution in [-0.2, 0) is 9.53 Å². The molecule has 1 aliphatic carbocycles. The molecule has 2 aromatic rings. The summed E-state index contributed by atoms with van der Waals surface area (Å²) in [5.41, 5.74) is 6.94. The van der Waals surface area contributed by atoms with E-state index in [2.05, 4.69) is 0 Å². The molecule has 4 rings (SSSR count). The number of hydrogen-bond acceptors (Lipinski definition) is 6. The summed E-state index contributed by atoms with van der Waals surface area (Å²) in [5.74, 6) is -1.25. The summed E-state index contributed by atoms with van der Waals surface area (Å²) < 4.78 is 5.69. The van der Waals surface area contributed by atoms with Gasteiger partial charge >= 0.3 is 0 Å². The van der Waals surface area contributed by atoms with Gasteiger partial charge in [0.15, 0.2) is 5.78 Å². The summed E-state index contributed by atoms with van der Waals surface area (Å²) in [6, 6.07) is 15.7. The van der Waals surface area contributed by atoms with Crippen LogP contribution >= 0.6 is 11.6 Å². The first kappa shape index (κ1) is 19.7. The number of rotatable bonds is 3. The van der Waals surface area contributed by atoms with Gasteiger partial charge in [0.2, 0.25) is 5.88 Å². The van der Waals surface area contributed by atoms with Crippen molar-refractivity contribution in [3.05, 3.63) is 97.6 Å². The molecule has 0 spiro atoms. The second-order valence-corrected chi connectivity index (χ2v) is 7.54. The van der Waals surface area contributed by atoms with Gasteiger partial charge in [0.1, 0.15) is 17.4 Å². The number of nitrogens with two attached hydrogens (primary N) is 1. The van der Waals surface area contributed by atoms with Gasteiger partial charge in [-0.2, -0.15) is 5.26 Å². The van der Waals surface area contributed by atoms with Crippen molar-refractivity contribution in [1.82, 2.24) is 0 Å². The van der Waals surface area contributed by atoms with E-state index in [1.54, 1.807) is 0 Å². The monoisotopic (exact) mass is 421 g/mol. The lowest BCUT2D eigenvalue weighted by Crippen LogP contribution is -2.30. The second kappa shape index (κ2) is 7.65. The Morgan fingerprint density at radius 1 is 1.17 bits per heavy atom. The van der Waals surface area contributed by atoms with Crippen molar-refractivity contribution >= 4 is 23.1 Å². The van der Waals surface area contributed by atoms with Crippen molar-refractivity contribution in [2.24, 2.45) is 5.73 Å². The van der Waals surface area contributed by atoms with Gasteiger partial charge in [-0.25, -0.2) is 0 Å². The molecule has 30 heavy (non-hydrogen) atoms. The number of ether oxygens (including phenoxy) is 1. The van der Waals surface area contributed by atoms with Gasteiger partial charge < -0.3 is 10.5 Å². The minimum atomic E-state index is -1.04. The zero-order valence-electron chi connectivity index (χ0n) is 15.7. The third-order valence-corrected chi connectivity index (χ3v) is 5.78. The lowest BCUT2D eigenvalue weighted by molar-refractivity contribution is -0.385. The Kier molecular flexibility index (Phi) is 5.02. The maximum Gasteiger partial charge on any atom is 0.275 e. The highest BCUT2D eigenvalue weighted by Crippen LogP contribution is 2.50. The molecule has 0 fully saturated rings. The summed E-state index contributed by atoms with van der Waals surface area (Å²) in [7, 11) is 0. The highest BCUT2D eigenvalue weighted by Gasteiger charge is 2.43. The highest BCUT2D eigenvalue weighted by molar-refractivity contribution is 6.32. The Morgan fingerprint density at radius 2 is 1.90 bits per heavy atom. The molecule has 0 radical (unpaired) electrons. The predicted molar refractivity (Wildman–Crippen MR) is 109 cm³/mol. The van der Waals surface area contributed by atoms with Crippen LogP contribution in [0, 0.1) is 21.4 Å². The Hall–Kier alpha value is -3.63. The molecule has 0 saturated carbocycles. The molecule has 150 valence electrons. The number of nitriles is 1. The topological polar surface area (TPSA) is 119 Å². The second-order valence-electron chi connectivity index (χ2n) is 7.13. The quantitative estimate of drug-likeness (QED) is 0.577. The van der Waals surface area contributed by atoms with Crippen molar-refractivity contribution in [3.8, 4) is 6.07 Å². The number of Topliss-reactive ketones (excluding diaryl/α,β-unsaturated/α-hetero) is 1. The van der Waals surface area contributed by atoms with E-state index in [-0.39, 0.29) is 51.4 Å². The van der Waals surface area contributed by atoms with E-state index in [0.29, 0.717) is 12.2 Å². The molecule has 8 heteroatoms. The number of ketones is 1. The summed E-state index contributed by atoms with van der Waals surface area (Å²) in [5, 5.41) is 21.4. The number of carbonyl (C=O) groups is 1. The minimum Gasteiger partial charge on any atom is -0.444 e. The van der Waals surface area contributed by atoms with Gasteiger partial charge in [-0.1, -0.05) is 48.0 Å². The standard InChI is InChI=1S/C22H16ClN3O4/c23-15-7-4-8-16(26(28)29)20(15)19-14(11-24)22(25)30-18-10-13(9-17(27)21(18)19)12-5-2-1-3-6-12/h1-8,13,19H,9-10,25H2/t13-,19+/m1/s1. The number of nitrogens with zero attached hydrogens (tertiary/aromatic N) is 2. The molecule has 0 bridgehead atoms. The Morgan fingerprint density at radius 3 is 2.57 bits per heavy atom. The van der Waals surface area contributed by atoms with Gasteiger partial charge in [-0.05, 0) is 17.5 Å². The van der Waals surface area contributed by atoms with Crippen molar-refractivity contribution in [3.63, 3.8) is 0 Å². The van der Waals surface area contributed by atoms with Crippen LogP contribution in [0.1, 0.15) is 35.8 Å². The maximum absolute atomic E-state index is 13.2. The number of halogens is 1. The van der Waals surface area contributed by atoms with Gasteiger partial charge in [0.25, 0.3) is 5.69 Å². The van der Waals surface area contributed by atoms with E-state index in [4.69, 9.17) is 22.1 Å². The zero-order valence-corrected chi connectivity index (χ0v) is 16.4. The minimum absolute atomic E-state index is 0.0588. The fraction of sp³-hybridized carbons (Fsp3) is 0.182. The number of carbonyl (C=O) groups excluding carboxylic acids is 1. The number of benzene rings is 2. The van der Waals surface area contributed by atoms with Crippen LogP contribution in [0.25, 0.3) is 0 Å². The van der Waals surface area contributed by atoms with Gasteiger partial charge in [0.05, 0.1) is 21.4 Å². The number of hydrogen-bond donors (Lipinski definition) is 1. The molecule has 0 saturated heterocycles. The lowest BCUT2D eigenvalue weighted by Gasteiger charge is -2.34. The van der Waals surface area contributed by atoms with E-state index in [9.17, 15) is 20.2 Å². The third-order valence-electron chi connectivity index (χ3n) is 5.45. The molecule has 0 amide bonds. The predicted octanol–water partition coefficient (Wildman–Crippen LogP) is 4.46. The van der Waals surface area contributed by atoms with Crippen molar-refractivity contribution in [2.75, 3.05) is 0 Å². The molecule has 7 nitrogen and oxygen atoms in total. The zero-order chi connectivity index (χ0) is 21.4. The largest absolute Gasteiger partial charge is 0.444 e. The normalized spacial score (nSPS) is 21.0. The molecule has 1 aliphatic heterocycles. The average molecular weight is 422 g/mol. The van der Waals surface area contributed by atoms with Crippen LogP contribution in [-0.4, -0.2) is 10.7 Å². The van der Waals surface area contributed by atoms with Crippen LogP contribution in [0.4, 0.5) is 5.69 Å². The summed E-state index contributed by atoms with van der Waals surface area (Å²) in [4.78, 5) is 24.3.